The van der Waals surface area contributed by atoms with Gasteiger partial charge in [-0.25, -0.2) is 4.79 Å². The zero-order valence-electron chi connectivity index (χ0n) is 10.2. The largest absolute Gasteiger partial charge is 0.477 e. The minimum atomic E-state index is -1.99. The molecule has 3 atom stereocenters. The number of hydrogen-bond acceptors (Lipinski definition) is 7. The quantitative estimate of drug-likeness (QED) is 0.285. The van der Waals surface area contributed by atoms with E-state index in [2.05, 4.69) is 0 Å². The van der Waals surface area contributed by atoms with Gasteiger partial charge in [-0.05, 0) is 0 Å². The minimum Gasteiger partial charge on any atom is -0.477 e. The number of aliphatic hydroxyl groups excluding tert-OH is 4. The summed E-state index contributed by atoms with van der Waals surface area (Å²) in [6.45, 7) is -0.305. The van der Waals surface area contributed by atoms with E-state index in [0.717, 1.165) is 0 Å². The first kappa shape index (κ1) is 17.2. The number of ether oxygens (including phenoxy) is 2. The van der Waals surface area contributed by atoms with Gasteiger partial charge in [0, 0.05) is 6.42 Å². The molecular formula is C10H20O8. The lowest BCUT2D eigenvalue weighted by Crippen LogP contribution is -2.47. The molecule has 0 saturated carbocycles. The van der Waals surface area contributed by atoms with Crippen LogP contribution in [0.2, 0.25) is 0 Å². The molecule has 0 amide bonds. The first-order chi connectivity index (χ1) is 8.43. The predicted octanol–water partition coefficient (Wildman–Crippen LogP) is -2.08. The molecule has 0 aliphatic heterocycles. The maximum atomic E-state index is 11.1. The molecule has 0 spiro atoms. The predicted molar refractivity (Wildman–Crippen MR) is 58.7 cm³/mol. The monoisotopic (exact) mass is 268 g/mol. The van der Waals surface area contributed by atoms with E-state index in [-0.39, 0.29) is 19.6 Å². The summed E-state index contributed by atoms with van der Waals surface area (Å²) in [5.41, 5.74) is 0. The molecule has 0 radical (unpaired) electrons. The second-order valence-electron chi connectivity index (χ2n) is 3.61. The molecule has 108 valence electrons. The van der Waals surface area contributed by atoms with Crippen molar-refractivity contribution in [2.75, 3.05) is 26.4 Å². The molecule has 0 aromatic rings. The fourth-order valence-electron chi connectivity index (χ4n) is 1.18. The Hall–Kier alpha value is -0.770. The number of carboxylic acid groups (broad SMARTS) is 1. The SMILES string of the molecule is CC[C@@](OCCO)(OC[C@H](O)[C@H](O)CO)C(=O)O. The van der Waals surface area contributed by atoms with Gasteiger partial charge in [0.15, 0.2) is 0 Å². The molecule has 0 unspecified atom stereocenters. The van der Waals surface area contributed by atoms with E-state index in [0.29, 0.717) is 0 Å². The zero-order valence-corrected chi connectivity index (χ0v) is 10.2. The molecule has 8 heteroatoms. The van der Waals surface area contributed by atoms with Gasteiger partial charge in [-0.15, -0.1) is 0 Å². The van der Waals surface area contributed by atoms with Crippen molar-refractivity contribution in [1.29, 1.82) is 0 Å². The normalized spacial score (nSPS) is 18.1. The van der Waals surface area contributed by atoms with Crippen LogP contribution in [0.25, 0.3) is 0 Å². The van der Waals surface area contributed by atoms with Gasteiger partial charge in [0.1, 0.15) is 12.2 Å². The van der Waals surface area contributed by atoms with E-state index in [1.165, 1.54) is 6.92 Å². The van der Waals surface area contributed by atoms with E-state index in [9.17, 15) is 9.90 Å². The number of carboxylic acids is 1. The summed E-state index contributed by atoms with van der Waals surface area (Å²) in [4.78, 5) is 11.1. The summed E-state index contributed by atoms with van der Waals surface area (Å²) in [6, 6.07) is 0. The second kappa shape index (κ2) is 8.35. The molecule has 5 N–H and O–H groups in total. The molecule has 0 bridgehead atoms. The highest BCUT2D eigenvalue weighted by Crippen LogP contribution is 2.19. The molecule has 0 rings (SSSR count). The fraction of sp³-hybridized carbons (Fsp3) is 0.900. The Morgan fingerprint density at radius 1 is 1.22 bits per heavy atom. The standard InChI is InChI=1S/C10H20O8/c1-2-10(9(15)16,17-4-3-11)18-6-8(14)7(13)5-12/h7-8,11-14H,2-6H2,1H3,(H,15,16)/t7-,8+,10-/m1/s1. The highest BCUT2D eigenvalue weighted by atomic mass is 16.7. The molecule has 0 heterocycles. The number of carbonyl (C=O) groups is 1. The summed E-state index contributed by atoms with van der Waals surface area (Å²) in [7, 11) is 0. The average Bonchev–Trinajstić information content (AvgIpc) is 2.37. The maximum absolute atomic E-state index is 11.1. The minimum absolute atomic E-state index is 0.0513. The Bertz CT molecular complexity index is 246. The summed E-state index contributed by atoms with van der Waals surface area (Å²) in [5, 5.41) is 44.7. The fourth-order valence-corrected chi connectivity index (χ4v) is 1.18. The van der Waals surface area contributed by atoms with Crippen molar-refractivity contribution >= 4 is 5.97 Å². The van der Waals surface area contributed by atoms with Crippen LogP contribution in [0.5, 0.6) is 0 Å². The van der Waals surface area contributed by atoms with Crippen LogP contribution in [0.3, 0.4) is 0 Å². The zero-order chi connectivity index (χ0) is 14.2. The van der Waals surface area contributed by atoms with Crippen LogP contribution in [0.1, 0.15) is 13.3 Å². The Morgan fingerprint density at radius 2 is 1.83 bits per heavy atom. The molecule has 0 aliphatic carbocycles. The van der Waals surface area contributed by atoms with Crippen molar-refractivity contribution in [1.82, 2.24) is 0 Å². The Balaban J connectivity index is 4.54. The van der Waals surface area contributed by atoms with Gasteiger partial charge in [0.2, 0.25) is 0 Å². The number of aliphatic carboxylic acids is 1. The topological polar surface area (TPSA) is 137 Å². The highest BCUT2D eigenvalue weighted by Gasteiger charge is 2.40. The first-order valence-electron chi connectivity index (χ1n) is 5.52. The van der Waals surface area contributed by atoms with Crippen LogP contribution in [0.15, 0.2) is 0 Å². The highest BCUT2D eigenvalue weighted by molar-refractivity contribution is 5.75. The van der Waals surface area contributed by atoms with Crippen molar-refractivity contribution in [3.8, 4) is 0 Å². The van der Waals surface area contributed by atoms with Gasteiger partial charge in [0.05, 0.1) is 26.4 Å². The molecule has 0 aromatic heterocycles. The molecule has 18 heavy (non-hydrogen) atoms. The van der Waals surface area contributed by atoms with Crippen LogP contribution in [-0.2, 0) is 14.3 Å². The van der Waals surface area contributed by atoms with Gasteiger partial charge in [0.25, 0.3) is 5.79 Å². The molecule has 8 nitrogen and oxygen atoms in total. The third kappa shape index (κ3) is 4.84. The number of hydrogen-bond donors (Lipinski definition) is 5. The molecular weight excluding hydrogens is 248 g/mol. The summed E-state index contributed by atoms with van der Waals surface area (Å²) < 4.78 is 9.90. The summed E-state index contributed by atoms with van der Waals surface area (Å²) in [5.74, 6) is -3.39. The van der Waals surface area contributed by atoms with Crippen molar-refractivity contribution in [3.63, 3.8) is 0 Å². The number of aliphatic hydroxyl groups is 4. The van der Waals surface area contributed by atoms with Crippen LogP contribution in [0, 0.1) is 0 Å². The van der Waals surface area contributed by atoms with Crippen LogP contribution >= 0.6 is 0 Å². The van der Waals surface area contributed by atoms with Crippen LogP contribution < -0.4 is 0 Å². The Labute approximate surface area is 104 Å². The first-order valence-corrected chi connectivity index (χ1v) is 5.52. The van der Waals surface area contributed by atoms with E-state index in [4.69, 9.17) is 29.9 Å². The van der Waals surface area contributed by atoms with Crippen molar-refractivity contribution in [2.24, 2.45) is 0 Å². The molecule has 0 aromatic carbocycles. The van der Waals surface area contributed by atoms with Crippen LogP contribution in [0.4, 0.5) is 0 Å². The maximum Gasteiger partial charge on any atom is 0.364 e. The summed E-state index contributed by atoms with van der Waals surface area (Å²) >= 11 is 0. The molecule has 0 aliphatic rings. The lowest BCUT2D eigenvalue weighted by Gasteiger charge is -2.29. The van der Waals surface area contributed by atoms with Gasteiger partial charge in [-0.2, -0.15) is 0 Å². The second-order valence-corrected chi connectivity index (χ2v) is 3.61. The van der Waals surface area contributed by atoms with Crippen molar-refractivity contribution in [2.45, 2.75) is 31.3 Å². The van der Waals surface area contributed by atoms with E-state index in [1.54, 1.807) is 0 Å². The van der Waals surface area contributed by atoms with Crippen LogP contribution in [-0.4, -0.2) is 75.9 Å². The lowest BCUT2D eigenvalue weighted by molar-refractivity contribution is -0.257. The van der Waals surface area contributed by atoms with Gasteiger partial charge >= 0.3 is 5.97 Å². The van der Waals surface area contributed by atoms with E-state index in [1.807, 2.05) is 0 Å². The molecule has 0 saturated heterocycles. The number of rotatable bonds is 10. The van der Waals surface area contributed by atoms with Crippen molar-refractivity contribution in [3.05, 3.63) is 0 Å². The third-order valence-corrected chi connectivity index (χ3v) is 2.34. The average molecular weight is 268 g/mol. The van der Waals surface area contributed by atoms with Crippen molar-refractivity contribution < 1.29 is 39.8 Å². The van der Waals surface area contributed by atoms with Gasteiger partial charge < -0.3 is 35.0 Å². The van der Waals surface area contributed by atoms with E-state index < -0.39 is 37.2 Å². The Morgan fingerprint density at radius 3 is 2.22 bits per heavy atom. The summed E-state index contributed by atoms with van der Waals surface area (Å²) in [6.07, 6.45) is -2.91. The van der Waals surface area contributed by atoms with E-state index >= 15 is 0 Å². The smallest absolute Gasteiger partial charge is 0.364 e. The molecule has 0 fully saturated rings. The lowest BCUT2D eigenvalue weighted by atomic mass is 10.2. The van der Waals surface area contributed by atoms with Gasteiger partial charge in [-0.1, -0.05) is 6.92 Å². The van der Waals surface area contributed by atoms with Gasteiger partial charge in [-0.3, -0.25) is 0 Å². The third-order valence-electron chi connectivity index (χ3n) is 2.34. The Kier molecular flexibility index (Phi) is 8.00.